The first-order chi connectivity index (χ1) is 7.70. The molecule has 0 aliphatic rings. The molecule has 81 valence electrons. The van der Waals surface area contributed by atoms with Crippen LogP contribution >= 0.6 is 23.2 Å². The van der Waals surface area contributed by atoms with E-state index in [-0.39, 0.29) is 0 Å². The van der Waals surface area contributed by atoms with Crippen molar-refractivity contribution in [3.05, 3.63) is 69.7 Å². The van der Waals surface area contributed by atoms with E-state index < -0.39 is 6.10 Å². The lowest BCUT2D eigenvalue weighted by molar-refractivity contribution is 0.125. The van der Waals surface area contributed by atoms with Crippen LogP contribution in [0.15, 0.2) is 48.5 Å². The fourth-order valence-electron chi connectivity index (χ4n) is 1.54. The molecular weight excluding hydrogens is 243 g/mol. The van der Waals surface area contributed by atoms with Crippen molar-refractivity contribution in [2.45, 2.75) is 6.10 Å². The van der Waals surface area contributed by atoms with E-state index in [4.69, 9.17) is 23.2 Å². The molecule has 0 atom stereocenters. The quantitative estimate of drug-likeness (QED) is 0.749. The van der Waals surface area contributed by atoms with Gasteiger partial charge in [0.15, 0.2) is 0 Å². The minimum atomic E-state index is -1.04. The third-order valence-electron chi connectivity index (χ3n) is 2.38. The summed E-state index contributed by atoms with van der Waals surface area (Å²) in [4.78, 5) is 0. The third-order valence-corrected chi connectivity index (χ3v) is 3.06. The van der Waals surface area contributed by atoms with Gasteiger partial charge in [-0.2, -0.15) is 0 Å². The van der Waals surface area contributed by atoms with Crippen LogP contribution in [0.2, 0.25) is 10.0 Å². The predicted molar refractivity (Wildman–Crippen MR) is 65.4 cm³/mol. The summed E-state index contributed by atoms with van der Waals surface area (Å²) in [6.45, 7) is 0. The van der Waals surface area contributed by atoms with Crippen LogP contribution in [0.5, 0.6) is 0 Å². The summed E-state index contributed by atoms with van der Waals surface area (Å²) in [6.07, 6.45) is -1.04. The van der Waals surface area contributed by atoms with E-state index in [1.807, 2.05) is 0 Å². The molecule has 0 aromatic heterocycles. The molecule has 16 heavy (non-hydrogen) atoms. The maximum absolute atomic E-state index is 12.2. The Labute approximate surface area is 104 Å². The van der Waals surface area contributed by atoms with Gasteiger partial charge in [-0.05, 0) is 12.1 Å². The van der Waals surface area contributed by atoms with Gasteiger partial charge in [0, 0.05) is 21.2 Å². The van der Waals surface area contributed by atoms with E-state index in [0.717, 1.165) is 0 Å². The van der Waals surface area contributed by atoms with Crippen LogP contribution in [-0.4, -0.2) is 0 Å². The van der Waals surface area contributed by atoms with Gasteiger partial charge in [0.05, 0.1) is 0 Å². The zero-order valence-electron chi connectivity index (χ0n) is 8.36. The van der Waals surface area contributed by atoms with Crippen molar-refractivity contribution in [3.8, 4) is 0 Å². The first kappa shape index (κ1) is 11.5. The van der Waals surface area contributed by atoms with Crippen LogP contribution in [0.4, 0.5) is 0 Å². The highest BCUT2D eigenvalue weighted by Gasteiger charge is 2.17. The molecule has 0 N–H and O–H groups in total. The minimum absolute atomic E-state index is 0.474. The molecule has 2 aromatic rings. The highest BCUT2D eigenvalue weighted by molar-refractivity contribution is 6.32. The Balaban J connectivity index is 2.44. The lowest BCUT2D eigenvalue weighted by atomic mass is 10.0. The van der Waals surface area contributed by atoms with E-state index in [1.54, 1.807) is 48.5 Å². The van der Waals surface area contributed by atoms with Crippen LogP contribution < -0.4 is 0 Å². The molecule has 1 radical (unpaired) electrons. The molecule has 0 fully saturated rings. The Bertz CT molecular complexity index is 451. The fraction of sp³-hybridized carbons (Fsp3) is 0.0769. The first-order valence-corrected chi connectivity index (χ1v) is 5.60. The molecule has 0 spiro atoms. The summed E-state index contributed by atoms with van der Waals surface area (Å²) in [5.74, 6) is 0. The average molecular weight is 252 g/mol. The predicted octanol–water partition coefficient (Wildman–Crippen LogP) is 4.51. The molecule has 2 aromatic carbocycles. The second kappa shape index (κ2) is 4.88. The van der Waals surface area contributed by atoms with Gasteiger partial charge >= 0.3 is 0 Å². The van der Waals surface area contributed by atoms with Gasteiger partial charge < -0.3 is 0 Å². The number of rotatable bonds is 2. The molecule has 2 rings (SSSR count). The number of benzene rings is 2. The number of hydrogen-bond acceptors (Lipinski definition) is 0. The Morgan fingerprint density at radius 3 is 1.50 bits per heavy atom. The average Bonchev–Trinajstić information content (AvgIpc) is 2.29. The van der Waals surface area contributed by atoms with Crippen molar-refractivity contribution in [1.29, 1.82) is 0 Å². The van der Waals surface area contributed by atoms with Gasteiger partial charge in [-0.3, -0.25) is 0 Å². The van der Waals surface area contributed by atoms with Gasteiger partial charge in [-0.15, -0.1) is 0 Å². The van der Waals surface area contributed by atoms with Crippen molar-refractivity contribution in [2.24, 2.45) is 0 Å². The summed E-state index contributed by atoms with van der Waals surface area (Å²) in [5.41, 5.74) is 1.11. The lowest BCUT2D eigenvalue weighted by Gasteiger charge is -2.12. The van der Waals surface area contributed by atoms with E-state index >= 15 is 0 Å². The van der Waals surface area contributed by atoms with E-state index in [2.05, 4.69) is 0 Å². The Kier molecular flexibility index (Phi) is 3.49. The SMILES string of the molecule is [O]C(c1ccccc1Cl)c1ccccc1Cl. The van der Waals surface area contributed by atoms with E-state index in [1.165, 1.54) is 0 Å². The van der Waals surface area contributed by atoms with Gasteiger partial charge in [-0.1, -0.05) is 59.6 Å². The minimum Gasteiger partial charge on any atom is -0.223 e. The molecule has 0 unspecified atom stereocenters. The molecule has 0 saturated heterocycles. The molecule has 0 saturated carbocycles. The summed E-state index contributed by atoms with van der Waals surface area (Å²) in [6, 6.07) is 14.0. The Morgan fingerprint density at radius 1 is 0.750 bits per heavy atom. The van der Waals surface area contributed by atoms with E-state index in [9.17, 15) is 5.11 Å². The van der Waals surface area contributed by atoms with Crippen molar-refractivity contribution >= 4 is 23.2 Å². The van der Waals surface area contributed by atoms with Gasteiger partial charge in [0.25, 0.3) is 0 Å². The summed E-state index contributed by atoms with van der Waals surface area (Å²) < 4.78 is 0. The second-order valence-corrected chi connectivity index (χ2v) is 4.24. The van der Waals surface area contributed by atoms with Gasteiger partial charge in [0.2, 0.25) is 0 Å². The van der Waals surface area contributed by atoms with Crippen molar-refractivity contribution in [1.82, 2.24) is 0 Å². The molecule has 0 bridgehead atoms. The number of hydrogen-bond donors (Lipinski definition) is 0. The number of halogens is 2. The van der Waals surface area contributed by atoms with Crippen molar-refractivity contribution in [3.63, 3.8) is 0 Å². The Hall–Kier alpha value is -1.02. The Morgan fingerprint density at radius 2 is 1.12 bits per heavy atom. The highest BCUT2D eigenvalue weighted by atomic mass is 35.5. The van der Waals surface area contributed by atoms with Crippen LogP contribution in [-0.2, 0) is 5.11 Å². The first-order valence-electron chi connectivity index (χ1n) is 4.85. The largest absolute Gasteiger partial charge is 0.223 e. The van der Waals surface area contributed by atoms with Crippen LogP contribution in [0.1, 0.15) is 17.2 Å². The molecular formula is C13H9Cl2O. The summed E-state index contributed by atoms with van der Waals surface area (Å²) in [7, 11) is 0. The maximum Gasteiger partial charge on any atom is 0.146 e. The molecule has 1 nitrogen and oxygen atoms in total. The van der Waals surface area contributed by atoms with Crippen molar-refractivity contribution < 1.29 is 5.11 Å². The van der Waals surface area contributed by atoms with Gasteiger partial charge in [0.1, 0.15) is 6.10 Å². The second-order valence-electron chi connectivity index (χ2n) is 3.42. The van der Waals surface area contributed by atoms with E-state index in [0.29, 0.717) is 21.2 Å². The van der Waals surface area contributed by atoms with Crippen LogP contribution in [0.3, 0.4) is 0 Å². The zero-order chi connectivity index (χ0) is 11.5. The van der Waals surface area contributed by atoms with Crippen LogP contribution in [0, 0.1) is 0 Å². The van der Waals surface area contributed by atoms with Crippen molar-refractivity contribution in [2.75, 3.05) is 0 Å². The summed E-state index contributed by atoms with van der Waals surface area (Å²) >= 11 is 12.0. The van der Waals surface area contributed by atoms with Crippen LogP contribution in [0.25, 0.3) is 0 Å². The third kappa shape index (κ3) is 2.22. The normalized spacial score (nSPS) is 10.8. The molecule has 0 heterocycles. The smallest absolute Gasteiger partial charge is 0.146 e. The molecule has 0 amide bonds. The molecule has 0 aliphatic heterocycles. The molecule has 0 aliphatic carbocycles. The topological polar surface area (TPSA) is 19.9 Å². The molecule has 3 heteroatoms. The zero-order valence-corrected chi connectivity index (χ0v) is 9.87. The van der Waals surface area contributed by atoms with Gasteiger partial charge in [-0.25, -0.2) is 5.11 Å². The highest BCUT2D eigenvalue weighted by Crippen LogP contribution is 2.32. The maximum atomic E-state index is 12.2. The monoisotopic (exact) mass is 251 g/mol. The standard InChI is InChI=1S/C13H9Cl2O/c14-11-7-3-1-5-9(11)13(16)10-6-2-4-8-12(10)15/h1-8,13H. The lowest BCUT2D eigenvalue weighted by Crippen LogP contribution is -1.99. The fourth-order valence-corrected chi connectivity index (χ4v) is 2.01. The summed E-state index contributed by atoms with van der Waals surface area (Å²) in [5, 5.41) is 13.2.